The van der Waals surface area contributed by atoms with Gasteiger partial charge in [-0.15, -0.1) is 0 Å². The van der Waals surface area contributed by atoms with Crippen LogP contribution in [-0.4, -0.2) is 5.91 Å². The summed E-state index contributed by atoms with van der Waals surface area (Å²) < 4.78 is 0.879. The molecular weight excluding hydrogens is 338 g/mol. The van der Waals surface area contributed by atoms with Gasteiger partial charge in [0.2, 0.25) is 5.91 Å². The summed E-state index contributed by atoms with van der Waals surface area (Å²) in [4.78, 5) is 12.1. The van der Waals surface area contributed by atoms with Crippen LogP contribution in [0.2, 0.25) is 5.02 Å². The summed E-state index contributed by atoms with van der Waals surface area (Å²) in [6.07, 6.45) is 0.344. The first-order valence-electron chi connectivity index (χ1n) is 6.27. The number of anilines is 1. The highest BCUT2D eigenvalue weighted by atomic mass is 79.9. The molecule has 1 amide bonds. The van der Waals surface area contributed by atoms with Gasteiger partial charge in [0.05, 0.1) is 17.1 Å². The second-order valence-electron chi connectivity index (χ2n) is 4.78. The smallest absolute Gasteiger partial charge is 0.228 e. The van der Waals surface area contributed by atoms with Crippen molar-refractivity contribution >= 4 is 39.1 Å². The molecule has 2 nitrogen and oxygen atoms in total. The van der Waals surface area contributed by atoms with Crippen molar-refractivity contribution in [2.75, 3.05) is 5.32 Å². The number of carbonyl (C=O) groups is 1. The molecule has 0 unspecified atom stereocenters. The summed E-state index contributed by atoms with van der Waals surface area (Å²) >= 11 is 9.43. The van der Waals surface area contributed by atoms with E-state index in [1.54, 1.807) is 12.1 Å². The van der Waals surface area contributed by atoms with E-state index in [4.69, 9.17) is 11.6 Å². The maximum absolute atomic E-state index is 12.1. The van der Waals surface area contributed by atoms with Crippen LogP contribution in [0, 0.1) is 13.8 Å². The van der Waals surface area contributed by atoms with Gasteiger partial charge >= 0.3 is 0 Å². The normalized spacial score (nSPS) is 10.4. The van der Waals surface area contributed by atoms with E-state index in [2.05, 4.69) is 21.2 Å². The third kappa shape index (κ3) is 3.84. The number of amides is 1. The summed E-state index contributed by atoms with van der Waals surface area (Å²) in [5.41, 5.74) is 3.93. The zero-order chi connectivity index (χ0) is 14.7. The third-order valence-corrected chi connectivity index (χ3v) is 3.88. The maximum Gasteiger partial charge on any atom is 0.228 e. The van der Waals surface area contributed by atoms with Crippen LogP contribution in [0.5, 0.6) is 0 Å². The van der Waals surface area contributed by atoms with E-state index in [-0.39, 0.29) is 5.91 Å². The van der Waals surface area contributed by atoms with E-state index in [9.17, 15) is 4.79 Å². The van der Waals surface area contributed by atoms with Gasteiger partial charge in [0.1, 0.15) is 0 Å². The zero-order valence-corrected chi connectivity index (χ0v) is 13.7. The molecule has 2 aromatic carbocycles. The second kappa shape index (κ2) is 6.42. The molecule has 0 aromatic heterocycles. The Morgan fingerprint density at radius 3 is 2.70 bits per heavy atom. The summed E-state index contributed by atoms with van der Waals surface area (Å²) in [5.74, 6) is -0.0706. The topological polar surface area (TPSA) is 29.1 Å². The first-order valence-corrected chi connectivity index (χ1v) is 7.44. The Kier molecular flexibility index (Phi) is 4.84. The first-order chi connectivity index (χ1) is 9.45. The predicted octanol–water partition coefficient (Wildman–Crippen LogP) is 4.90. The molecule has 0 aliphatic carbocycles. The summed E-state index contributed by atoms with van der Waals surface area (Å²) in [6.45, 7) is 4.03. The fourth-order valence-electron chi connectivity index (χ4n) is 1.95. The Morgan fingerprint density at radius 2 is 1.95 bits per heavy atom. The molecule has 0 saturated heterocycles. The van der Waals surface area contributed by atoms with Gasteiger partial charge in [-0.2, -0.15) is 0 Å². The zero-order valence-electron chi connectivity index (χ0n) is 11.3. The molecule has 0 atom stereocenters. The van der Waals surface area contributed by atoms with E-state index >= 15 is 0 Å². The van der Waals surface area contributed by atoms with Crippen LogP contribution in [0.3, 0.4) is 0 Å². The van der Waals surface area contributed by atoms with Crippen molar-refractivity contribution in [2.24, 2.45) is 0 Å². The summed E-state index contributed by atoms with van der Waals surface area (Å²) in [7, 11) is 0. The predicted molar refractivity (Wildman–Crippen MR) is 87.4 cm³/mol. The lowest BCUT2D eigenvalue weighted by Crippen LogP contribution is -2.15. The van der Waals surface area contributed by atoms with Gasteiger partial charge in [0.15, 0.2) is 0 Å². The van der Waals surface area contributed by atoms with Crippen molar-refractivity contribution in [3.05, 3.63) is 62.6 Å². The van der Waals surface area contributed by atoms with Crippen molar-refractivity contribution in [2.45, 2.75) is 20.3 Å². The van der Waals surface area contributed by atoms with Crippen LogP contribution in [0.4, 0.5) is 5.69 Å². The van der Waals surface area contributed by atoms with E-state index < -0.39 is 0 Å². The highest BCUT2D eigenvalue weighted by Crippen LogP contribution is 2.26. The first kappa shape index (κ1) is 15.1. The number of hydrogen-bond donors (Lipinski definition) is 1. The van der Waals surface area contributed by atoms with Crippen LogP contribution in [-0.2, 0) is 11.2 Å². The van der Waals surface area contributed by atoms with E-state index in [0.29, 0.717) is 17.1 Å². The molecule has 0 fully saturated rings. The van der Waals surface area contributed by atoms with Gasteiger partial charge in [0.25, 0.3) is 0 Å². The number of rotatable bonds is 3. The van der Waals surface area contributed by atoms with Crippen molar-refractivity contribution in [1.29, 1.82) is 0 Å². The lowest BCUT2D eigenvalue weighted by atomic mass is 10.0. The molecule has 0 heterocycles. The van der Waals surface area contributed by atoms with Gasteiger partial charge in [-0.25, -0.2) is 0 Å². The quantitative estimate of drug-likeness (QED) is 0.836. The lowest BCUT2D eigenvalue weighted by molar-refractivity contribution is -0.115. The van der Waals surface area contributed by atoms with Gasteiger partial charge < -0.3 is 5.32 Å². The Morgan fingerprint density at radius 1 is 1.20 bits per heavy atom. The number of aryl methyl sites for hydroxylation is 2. The fraction of sp³-hybridized carbons (Fsp3) is 0.188. The minimum atomic E-state index is -0.0706. The van der Waals surface area contributed by atoms with E-state index in [0.717, 1.165) is 21.2 Å². The largest absolute Gasteiger partial charge is 0.324 e. The molecule has 1 N–H and O–H groups in total. The summed E-state index contributed by atoms with van der Waals surface area (Å²) in [6, 6.07) is 11.5. The average molecular weight is 353 g/mol. The van der Waals surface area contributed by atoms with Crippen LogP contribution in [0.25, 0.3) is 0 Å². The van der Waals surface area contributed by atoms with E-state index in [1.807, 2.05) is 38.1 Å². The van der Waals surface area contributed by atoms with Gasteiger partial charge in [-0.3, -0.25) is 4.79 Å². The van der Waals surface area contributed by atoms with Crippen LogP contribution >= 0.6 is 27.5 Å². The summed E-state index contributed by atoms with van der Waals surface area (Å²) in [5, 5.41) is 3.38. The Bertz CT molecular complexity index is 599. The molecule has 0 saturated carbocycles. The van der Waals surface area contributed by atoms with Crippen molar-refractivity contribution in [3.63, 3.8) is 0 Å². The Hall–Kier alpha value is -1.32. The molecule has 2 aromatic rings. The van der Waals surface area contributed by atoms with Crippen LogP contribution in [0.1, 0.15) is 16.7 Å². The number of hydrogen-bond acceptors (Lipinski definition) is 1. The number of halogens is 2. The molecule has 104 valence electrons. The molecule has 2 rings (SSSR count). The second-order valence-corrected chi connectivity index (χ2v) is 6.10. The third-order valence-electron chi connectivity index (χ3n) is 3.06. The highest BCUT2D eigenvalue weighted by Gasteiger charge is 2.09. The lowest BCUT2D eigenvalue weighted by Gasteiger charge is -2.10. The number of carbonyl (C=O) groups excluding carboxylic acids is 1. The standard InChI is InChI=1S/C16H15BrClNO/c1-10-3-4-11(2)12(7-10)8-16(20)19-15-9-13(17)5-6-14(15)18/h3-7,9H,8H2,1-2H3,(H,19,20). The molecule has 4 heteroatoms. The molecule has 0 spiro atoms. The molecule has 0 aliphatic heterocycles. The minimum Gasteiger partial charge on any atom is -0.324 e. The van der Waals surface area contributed by atoms with Crippen molar-refractivity contribution < 1.29 is 4.79 Å². The molecular formula is C16H15BrClNO. The van der Waals surface area contributed by atoms with Crippen molar-refractivity contribution in [1.82, 2.24) is 0 Å². The highest BCUT2D eigenvalue weighted by molar-refractivity contribution is 9.10. The van der Waals surface area contributed by atoms with Gasteiger partial charge in [-0.05, 0) is 43.2 Å². The molecule has 0 aliphatic rings. The Labute approximate surface area is 132 Å². The van der Waals surface area contributed by atoms with Gasteiger partial charge in [0, 0.05) is 4.47 Å². The molecule has 20 heavy (non-hydrogen) atoms. The number of nitrogens with one attached hydrogen (secondary N) is 1. The fourth-order valence-corrected chi connectivity index (χ4v) is 2.48. The van der Waals surface area contributed by atoms with Gasteiger partial charge in [-0.1, -0.05) is 51.3 Å². The average Bonchev–Trinajstić information content (AvgIpc) is 2.38. The van der Waals surface area contributed by atoms with Crippen LogP contribution in [0.15, 0.2) is 40.9 Å². The van der Waals surface area contributed by atoms with Crippen molar-refractivity contribution in [3.8, 4) is 0 Å². The van der Waals surface area contributed by atoms with Crippen LogP contribution < -0.4 is 5.32 Å². The Balaban J connectivity index is 2.13. The molecule has 0 radical (unpaired) electrons. The monoisotopic (exact) mass is 351 g/mol. The molecule has 0 bridgehead atoms. The van der Waals surface area contributed by atoms with E-state index in [1.165, 1.54) is 0 Å². The SMILES string of the molecule is Cc1ccc(C)c(CC(=O)Nc2cc(Br)ccc2Cl)c1. The maximum atomic E-state index is 12.1. The number of benzene rings is 2. The minimum absolute atomic E-state index is 0.0706.